The Labute approximate surface area is 225 Å². The molecule has 9 heteroatoms. The van der Waals surface area contributed by atoms with Gasteiger partial charge in [-0.25, -0.2) is 9.78 Å². The van der Waals surface area contributed by atoms with E-state index in [0.29, 0.717) is 5.56 Å². The van der Waals surface area contributed by atoms with E-state index in [-0.39, 0.29) is 16.7 Å². The van der Waals surface area contributed by atoms with E-state index in [0.717, 1.165) is 63.4 Å². The molecule has 0 saturated heterocycles. The first-order chi connectivity index (χ1) is 18.2. The Balaban J connectivity index is 1.71. The predicted molar refractivity (Wildman–Crippen MR) is 144 cm³/mol. The van der Waals surface area contributed by atoms with Crippen molar-refractivity contribution >= 4 is 56.3 Å². The third-order valence-electron chi connectivity index (χ3n) is 6.48. The number of carbonyl (C=O) groups is 1. The first-order valence-electron chi connectivity index (χ1n) is 11.8. The van der Waals surface area contributed by atoms with E-state index in [9.17, 15) is 18.0 Å². The summed E-state index contributed by atoms with van der Waals surface area (Å²) in [6.07, 6.45) is 0.662. The zero-order valence-corrected chi connectivity index (χ0v) is 21.4. The molecule has 0 unspecified atom stereocenters. The smallest absolute Gasteiger partial charge is 0.478 e. The summed E-state index contributed by atoms with van der Waals surface area (Å²) < 4.78 is 43.6. The van der Waals surface area contributed by atoms with Crippen molar-refractivity contribution in [3.05, 3.63) is 99.5 Å². The molecule has 1 aliphatic rings. The molecule has 3 aromatic carbocycles. The van der Waals surface area contributed by atoms with Gasteiger partial charge in [-0.15, -0.1) is 24.5 Å². The van der Waals surface area contributed by atoms with Crippen LogP contribution >= 0.6 is 22.9 Å². The maximum Gasteiger partial charge on any atom is 0.573 e. The molecule has 1 aliphatic carbocycles. The lowest BCUT2D eigenvalue weighted by Gasteiger charge is -2.32. The third-order valence-corrected chi connectivity index (χ3v) is 7.61. The second-order valence-electron chi connectivity index (χ2n) is 8.93. The molecule has 194 valence electrons. The number of fused-ring (bicyclic) bond motifs is 1. The van der Waals surface area contributed by atoms with Crippen LogP contribution in [0.3, 0.4) is 0 Å². The fourth-order valence-corrected chi connectivity index (χ4v) is 5.52. The summed E-state index contributed by atoms with van der Waals surface area (Å²) in [5, 5.41) is 9.12. The van der Waals surface area contributed by atoms with E-state index in [1.165, 1.54) is 29.5 Å². The SMILES string of the molecule is O=C(O)C=Cc1ccc(C(=C(c2ccc(OC(F)(F)F)cc2Cl)C2CCC2)c2ccc3scnc3c2)cc1. The normalized spacial score (nSPS) is 14.9. The fraction of sp³-hybridized carbons (Fsp3) is 0.172. The minimum absolute atomic E-state index is 0.162. The topological polar surface area (TPSA) is 59.4 Å². The molecule has 0 amide bonds. The lowest BCUT2D eigenvalue weighted by Crippen LogP contribution is -2.17. The summed E-state index contributed by atoms with van der Waals surface area (Å²) in [5.41, 5.74) is 7.64. The van der Waals surface area contributed by atoms with Crippen LogP contribution in [0.25, 0.3) is 27.4 Å². The molecule has 1 N–H and O–H groups in total. The molecule has 0 spiro atoms. The Kier molecular flexibility index (Phi) is 7.27. The lowest BCUT2D eigenvalue weighted by atomic mass is 9.73. The van der Waals surface area contributed by atoms with E-state index in [2.05, 4.69) is 9.72 Å². The molecule has 0 atom stereocenters. The highest BCUT2D eigenvalue weighted by Crippen LogP contribution is 2.47. The molecule has 0 radical (unpaired) electrons. The summed E-state index contributed by atoms with van der Waals surface area (Å²) in [7, 11) is 0. The predicted octanol–water partition coefficient (Wildman–Crippen LogP) is 8.71. The van der Waals surface area contributed by atoms with Crippen LogP contribution in [0.5, 0.6) is 5.75 Å². The quantitative estimate of drug-likeness (QED) is 0.183. The van der Waals surface area contributed by atoms with E-state index in [4.69, 9.17) is 16.7 Å². The summed E-state index contributed by atoms with van der Waals surface area (Å²) in [5.74, 6) is -1.25. The Bertz CT molecular complexity index is 1550. The molecule has 0 aliphatic heterocycles. The number of hydrogen-bond donors (Lipinski definition) is 1. The number of benzene rings is 3. The molecule has 0 bridgehead atoms. The van der Waals surface area contributed by atoms with Crippen molar-refractivity contribution in [3.63, 3.8) is 0 Å². The van der Waals surface area contributed by atoms with E-state index < -0.39 is 12.3 Å². The van der Waals surface area contributed by atoms with Crippen molar-refractivity contribution in [3.8, 4) is 5.75 Å². The Hall–Kier alpha value is -3.62. The van der Waals surface area contributed by atoms with Crippen LogP contribution in [-0.2, 0) is 4.79 Å². The Morgan fingerprint density at radius 3 is 2.42 bits per heavy atom. The number of aromatic nitrogens is 1. The summed E-state index contributed by atoms with van der Waals surface area (Å²) in [6, 6.07) is 17.6. The number of aliphatic carboxylic acids is 1. The van der Waals surface area contributed by atoms with Gasteiger partial charge in [0.2, 0.25) is 0 Å². The van der Waals surface area contributed by atoms with Gasteiger partial charge in [0.25, 0.3) is 0 Å². The average Bonchev–Trinajstić information content (AvgIpc) is 3.29. The van der Waals surface area contributed by atoms with Gasteiger partial charge in [0.1, 0.15) is 5.75 Å². The van der Waals surface area contributed by atoms with Gasteiger partial charge in [-0.3, -0.25) is 0 Å². The summed E-state index contributed by atoms with van der Waals surface area (Å²) >= 11 is 8.15. The summed E-state index contributed by atoms with van der Waals surface area (Å²) in [4.78, 5) is 15.4. The molecule has 4 nitrogen and oxygen atoms in total. The fourth-order valence-electron chi connectivity index (χ4n) is 4.59. The van der Waals surface area contributed by atoms with Crippen LogP contribution in [0.15, 0.2) is 72.3 Å². The van der Waals surface area contributed by atoms with E-state index in [1.54, 1.807) is 11.6 Å². The number of carboxylic acids is 1. The van der Waals surface area contributed by atoms with Crippen LogP contribution in [-0.4, -0.2) is 22.4 Å². The molecular weight excluding hydrogens is 535 g/mol. The third kappa shape index (κ3) is 5.76. The van der Waals surface area contributed by atoms with Gasteiger partial charge in [0.15, 0.2) is 0 Å². The Morgan fingerprint density at radius 2 is 1.79 bits per heavy atom. The molecule has 1 saturated carbocycles. The van der Waals surface area contributed by atoms with Crippen LogP contribution in [0.2, 0.25) is 5.02 Å². The Morgan fingerprint density at radius 1 is 1.05 bits per heavy atom. The molecule has 1 heterocycles. The largest absolute Gasteiger partial charge is 0.573 e. The molecule has 1 aromatic heterocycles. The maximum atomic E-state index is 12.8. The van der Waals surface area contributed by atoms with Crippen molar-refractivity contribution in [2.45, 2.75) is 25.6 Å². The number of halogens is 4. The number of nitrogens with zero attached hydrogens (tertiary/aromatic N) is 1. The van der Waals surface area contributed by atoms with Crippen LogP contribution in [0.4, 0.5) is 13.2 Å². The first-order valence-corrected chi connectivity index (χ1v) is 13.1. The average molecular weight is 556 g/mol. The summed E-state index contributed by atoms with van der Waals surface area (Å²) in [6.45, 7) is 0. The van der Waals surface area contributed by atoms with Gasteiger partial charge in [-0.05, 0) is 88.6 Å². The minimum atomic E-state index is -4.82. The number of ether oxygens (including phenoxy) is 1. The number of carboxylic acid groups (broad SMARTS) is 1. The van der Waals surface area contributed by atoms with Crippen molar-refractivity contribution < 1.29 is 27.8 Å². The van der Waals surface area contributed by atoms with Crippen molar-refractivity contribution in [1.29, 1.82) is 0 Å². The molecular formula is C29H21ClF3NO3S. The highest BCUT2D eigenvalue weighted by molar-refractivity contribution is 7.16. The number of hydrogen-bond acceptors (Lipinski definition) is 4. The second kappa shape index (κ2) is 10.6. The van der Waals surface area contributed by atoms with Gasteiger partial charge >= 0.3 is 12.3 Å². The van der Waals surface area contributed by atoms with Crippen molar-refractivity contribution in [2.75, 3.05) is 0 Å². The number of rotatable bonds is 7. The van der Waals surface area contributed by atoms with Crippen LogP contribution < -0.4 is 4.74 Å². The van der Waals surface area contributed by atoms with Crippen molar-refractivity contribution in [1.82, 2.24) is 4.98 Å². The number of thiazole rings is 1. The van der Waals surface area contributed by atoms with Gasteiger partial charge < -0.3 is 9.84 Å². The van der Waals surface area contributed by atoms with Gasteiger partial charge in [0.05, 0.1) is 20.7 Å². The van der Waals surface area contributed by atoms with Crippen LogP contribution in [0, 0.1) is 5.92 Å². The monoisotopic (exact) mass is 555 g/mol. The lowest BCUT2D eigenvalue weighted by molar-refractivity contribution is -0.274. The van der Waals surface area contributed by atoms with Gasteiger partial charge in [-0.2, -0.15) is 0 Å². The van der Waals surface area contributed by atoms with E-state index >= 15 is 0 Å². The van der Waals surface area contributed by atoms with Crippen molar-refractivity contribution in [2.24, 2.45) is 5.92 Å². The molecule has 38 heavy (non-hydrogen) atoms. The van der Waals surface area contributed by atoms with Gasteiger partial charge in [0, 0.05) is 6.08 Å². The zero-order chi connectivity index (χ0) is 26.9. The number of alkyl halides is 3. The van der Waals surface area contributed by atoms with Crippen LogP contribution in [0.1, 0.15) is 41.5 Å². The molecule has 4 aromatic rings. The maximum absolute atomic E-state index is 12.8. The second-order valence-corrected chi connectivity index (χ2v) is 10.2. The zero-order valence-electron chi connectivity index (χ0n) is 19.8. The standard InChI is InChI=1S/C29H21ClF3NO3S/c30-23-15-21(37-29(31,32)33)10-11-22(23)28(18-2-1-3-18)27(20-9-12-25-24(14-20)34-16-38-25)19-7-4-17(5-8-19)6-13-26(35)36/h4-16,18H,1-3H2,(H,35,36). The molecule has 1 fully saturated rings. The minimum Gasteiger partial charge on any atom is -0.478 e. The number of allylic oxidation sites excluding steroid dienone is 1. The highest BCUT2D eigenvalue weighted by atomic mass is 35.5. The van der Waals surface area contributed by atoms with Gasteiger partial charge in [-0.1, -0.05) is 48.4 Å². The highest BCUT2D eigenvalue weighted by Gasteiger charge is 2.32. The molecule has 5 rings (SSSR count). The first kappa shape index (κ1) is 26.0. The van der Waals surface area contributed by atoms with E-state index in [1.807, 2.05) is 42.5 Å².